The van der Waals surface area contributed by atoms with Crippen molar-refractivity contribution in [3.63, 3.8) is 0 Å². The zero-order chi connectivity index (χ0) is 18.9. The molecule has 1 aromatic heterocycles. The number of halogens is 4. The van der Waals surface area contributed by atoms with Crippen molar-refractivity contribution >= 4 is 27.7 Å². The highest BCUT2D eigenvalue weighted by Crippen LogP contribution is 2.46. The van der Waals surface area contributed by atoms with Crippen LogP contribution in [0, 0.1) is 0 Å². The first-order valence-corrected chi connectivity index (χ1v) is 9.06. The highest BCUT2D eigenvalue weighted by Gasteiger charge is 2.47. The van der Waals surface area contributed by atoms with Crippen LogP contribution >= 0.6 is 15.9 Å². The van der Waals surface area contributed by atoms with E-state index in [0.29, 0.717) is 6.54 Å². The predicted octanol–water partition coefficient (Wildman–Crippen LogP) is 4.45. The maximum absolute atomic E-state index is 13.6. The molecule has 2 heterocycles. The van der Waals surface area contributed by atoms with E-state index >= 15 is 0 Å². The second-order valence-electron chi connectivity index (χ2n) is 6.11. The molecule has 3 rings (SSSR count). The van der Waals surface area contributed by atoms with Gasteiger partial charge in [-0.3, -0.25) is 4.79 Å². The minimum atomic E-state index is -4.48. The molecule has 1 aliphatic heterocycles. The van der Waals surface area contributed by atoms with Crippen LogP contribution in [0.5, 0.6) is 0 Å². The zero-order valence-corrected chi connectivity index (χ0v) is 15.6. The number of rotatable bonds is 4. The summed E-state index contributed by atoms with van der Waals surface area (Å²) in [6.07, 6.45) is -3.96. The average molecular weight is 431 g/mol. The fraction of sp³-hybridized carbons (Fsp3) is 0.412. The Morgan fingerprint density at radius 2 is 2.08 bits per heavy atom. The molecule has 5 nitrogen and oxygen atoms in total. The van der Waals surface area contributed by atoms with Gasteiger partial charge in [0, 0.05) is 13.0 Å². The third-order valence-electron chi connectivity index (χ3n) is 4.25. The van der Waals surface area contributed by atoms with Crippen molar-refractivity contribution in [2.45, 2.75) is 38.0 Å². The lowest BCUT2D eigenvalue weighted by Gasteiger charge is -2.33. The van der Waals surface area contributed by atoms with Crippen molar-refractivity contribution < 1.29 is 18.0 Å². The van der Waals surface area contributed by atoms with Gasteiger partial charge in [-0.2, -0.15) is 18.3 Å². The Morgan fingerprint density at radius 1 is 1.38 bits per heavy atom. The van der Waals surface area contributed by atoms with E-state index in [4.69, 9.17) is 0 Å². The second-order valence-corrected chi connectivity index (χ2v) is 6.91. The Bertz CT molecular complexity index is 791. The van der Waals surface area contributed by atoms with Crippen LogP contribution in [0.2, 0.25) is 0 Å². The smallest absolute Gasteiger partial charge is 0.362 e. The van der Waals surface area contributed by atoms with E-state index in [1.807, 2.05) is 13.0 Å². The molecule has 2 aromatic rings. The van der Waals surface area contributed by atoms with Crippen LogP contribution in [0.25, 0.3) is 0 Å². The molecular weight excluding hydrogens is 413 g/mol. The monoisotopic (exact) mass is 430 g/mol. The molecule has 0 saturated heterocycles. The number of hydrogen-bond acceptors (Lipinski definition) is 3. The fourth-order valence-corrected chi connectivity index (χ4v) is 3.52. The number of hydrogen-bond donors (Lipinski definition) is 2. The van der Waals surface area contributed by atoms with Gasteiger partial charge in [-0.25, -0.2) is 4.68 Å². The maximum atomic E-state index is 13.6. The molecular formula is C17H18BrF3N4O. The van der Waals surface area contributed by atoms with Crippen LogP contribution in [-0.4, -0.2) is 28.4 Å². The van der Waals surface area contributed by atoms with Crippen molar-refractivity contribution in [3.8, 4) is 0 Å². The standard InChI is InChI=1S/C17H18BrF3N4O/c1-2-8-22-16(26)14-13(18)15-23-11(10-6-4-3-5-7-10)9-12(17(19,20)21)25(15)24-14/h3-7,11-12,23H,2,8-9H2,1H3,(H,22,26)/t11-,12-/m0/s1. The van der Waals surface area contributed by atoms with Crippen LogP contribution in [0.4, 0.5) is 19.0 Å². The molecule has 26 heavy (non-hydrogen) atoms. The average Bonchev–Trinajstić information content (AvgIpc) is 2.95. The summed E-state index contributed by atoms with van der Waals surface area (Å²) in [5.41, 5.74) is 0.696. The molecule has 1 aromatic carbocycles. The molecule has 1 amide bonds. The number of nitrogens with one attached hydrogen (secondary N) is 2. The number of carbonyl (C=O) groups is 1. The number of benzene rings is 1. The molecule has 0 fully saturated rings. The molecule has 0 bridgehead atoms. The number of fused-ring (bicyclic) bond motifs is 1. The van der Waals surface area contributed by atoms with E-state index < -0.39 is 24.2 Å². The van der Waals surface area contributed by atoms with Crippen LogP contribution in [0.1, 0.15) is 47.9 Å². The molecule has 0 saturated carbocycles. The third-order valence-corrected chi connectivity index (χ3v) is 5.00. The summed E-state index contributed by atoms with van der Waals surface area (Å²) >= 11 is 3.25. The molecule has 2 atom stereocenters. The molecule has 0 radical (unpaired) electrons. The maximum Gasteiger partial charge on any atom is 0.410 e. The second kappa shape index (κ2) is 7.30. The first-order valence-electron chi connectivity index (χ1n) is 8.27. The number of aromatic nitrogens is 2. The largest absolute Gasteiger partial charge is 0.410 e. The molecule has 1 aliphatic rings. The molecule has 2 N–H and O–H groups in total. The Balaban J connectivity index is 2.01. The van der Waals surface area contributed by atoms with Gasteiger partial charge in [0.15, 0.2) is 11.7 Å². The van der Waals surface area contributed by atoms with Crippen LogP contribution < -0.4 is 10.6 Å². The van der Waals surface area contributed by atoms with Crippen molar-refractivity contribution in [1.82, 2.24) is 15.1 Å². The van der Waals surface area contributed by atoms with Gasteiger partial charge in [0.25, 0.3) is 5.91 Å². The van der Waals surface area contributed by atoms with Gasteiger partial charge in [0.1, 0.15) is 5.82 Å². The Labute approximate surface area is 157 Å². The minimum Gasteiger partial charge on any atom is -0.362 e. The van der Waals surface area contributed by atoms with Crippen LogP contribution in [0.3, 0.4) is 0 Å². The summed E-state index contributed by atoms with van der Waals surface area (Å²) in [6.45, 7) is 2.31. The lowest BCUT2D eigenvalue weighted by molar-refractivity contribution is -0.173. The Morgan fingerprint density at radius 3 is 2.69 bits per heavy atom. The van der Waals surface area contributed by atoms with Gasteiger partial charge in [-0.05, 0) is 27.9 Å². The number of nitrogens with zero attached hydrogens (tertiary/aromatic N) is 2. The lowest BCUT2D eigenvalue weighted by atomic mass is 9.97. The van der Waals surface area contributed by atoms with E-state index in [0.717, 1.165) is 16.7 Å². The van der Waals surface area contributed by atoms with Gasteiger partial charge in [-0.15, -0.1) is 0 Å². The quantitative estimate of drug-likeness (QED) is 0.753. The summed E-state index contributed by atoms with van der Waals surface area (Å²) in [6, 6.07) is 6.58. The first-order chi connectivity index (χ1) is 12.3. The highest BCUT2D eigenvalue weighted by atomic mass is 79.9. The third kappa shape index (κ3) is 3.58. The zero-order valence-electron chi connectivity index (χ0n) is 14.0. The molecule has 0 unspecified atom stereocenters. The summed E-state index contributed by atoms with van der Waals surface area (Å²) < 4.78 is 42.1. The normalized spacial score (nSPS) is 19.6. The van der Waals surface area contributed by atoms with E-state index in [1.165, 1.54) is 0 Å². The van der Waals surface area contributed by atoms with Gasteiger partial charge < -0.3 is 10.6 Å². The topological polar surface area (TPSA) is 59.0 Å². The molecule has 0 spiro atoms. The van der Waals surface area contributed by atoms with Gasteiger partial charge in [0.05, 0.1) is 10.5 Å². The minimum absolute atomic E-state index is 0.0519. The summed E-state index contributed by atoms with van der Waals surface area (Å²) in [7, 11) is 0. The van der Waals surface area contributed by atoms with E-state index in [-0.39, 0.29) is 22.4 Å². The lowest BCUT2D eigenvalue weighted by Crippen LogP contribution is -2.36. The summed E-state index contributed by atoms with van der Waals surface area (Å²) in [4.78, 5) is 12.2. The predicted molar refractivity (Wildman–Crippen MR) is 95.1 cm³/mol. The number of alkyl halides is 3. The Kier molecular flexibility index (Phi) is 5.27. The van der Waals surface area contributed by atoms with Crippen molar-refractivity contribution in [2.24, 2.45) is 0 Å². The van der Waals surface area contributed by atoms with Gasteiger partial charge in [0.2, 0.25) is 0 Å². The summed E-state index contributed by atoms with van der Waals surface area (Å²) in [5, 5.41) is 9.68. The van der Waals surface area contributed by atoms with Gasteiger partial charge >= 0.3 is 6.18 Å². The molecule has 140 valence electrons. The number of carbonyl (C=O) groups excluding carboxylic acids is 1. The summed E-state index contributed by atoms with van der Waals surface area (Å²) in [5.74, 6) is -0.339. The van der Waals surface area contributed by atoms with Crippen LogP contribution in [-0.2, 0) is 0 Å². The van der Waals surface area contributed by atoms with E-state index in [2.05, 4.69) is 31.7 Å². The first kappa shape index (κ1) is 18.8. The molecule has 0 aliphatic carbocycles. The molecule has 9 heteroatoms. The van der Waals surface area contributed by atoms with E-state index in [1.54, 1.807) is 24.3 Å². The van der Waals surface area contributed by atoms with E-state index in [9.17, 15) is 18.0 Å². The number of anilines is 1. The van der Waals surface area contributed by atoms with Crippen molar-refractivity contribution in [3.05, 3.63) is 46.1 Å². The van der Waals surface area contributed by atoms with Crippen molar-refractivity contribution in [1.29, 1.82) is 0 Å². The highest BCUT2D eigenvalue weighted by molar-refractivity contribution is 9.10. The SMILES string of the molecule is CCCNC(=O)c1nn2c(c1Br)N[C@H](c1ccccc1)C[C@H]2C(F)(F)F. The van der Waals surface area contributed by atoms with Gasteiger partial charge in [-0.1, -0.05) is 37.3 Å². The number of amides is 1. The Hall–Kier alpha value is -2.03. The van der Waals surface area contributed by atoms with Crippen LogP contribution in [0.15, 0.2) is 34.8 Å². The van der Waals surface area contributed by atoms with Crippen molar-refractivity contribution in [2.75, 3.05) is 11.9 Å². The fourth-order valence-electron chi connectivity index (χ4n) is 2.96.